The Kier molecular flexibility index (Phi) is 3.81. The zero-order valence-corrected chi connectivity index (χ0v) is 10.7. The van der Waals surface area contributed by atoms with E-state index in [0.29, 0.717) is 13.2 Å². The van der Waals surface area contributed by atoms with E-state index in [2.05, 4.69) is 19.9 Å². The van der Waals surface area contributed by atoms with E-state index < -0.39 is 0 Å². The van der Waals surface area contributed by atoms with Gasteiger partial charge in [-0.2, -0.15) is 5.26 Å². The van der Waals surface area contributed by atoms with Crippen LogP contribution in [0, 0.1) is 11.3 Å². The van der Waals surface area contributed by atoms with E-state index in [-0.39, 0.29) is 0 Å². The Morgan fingerprint density at radius 3 is 2.61 bits per heavy atom. The molecular formula is C15H16N2O. The molecule has 18 heavy (non-hydrogen) atoms. The van der Waals surface area contributed by atoms with Crippen molar-refractivity contribution >= 4 is 5.70 Å². The van der Waals surface area contributed by atoms with E-state index in [4.69, 9.17) is 10.1 Å². The normalized spacial score (nSPS) is 16.7. The highest BCUT2D eigenvalue weighted by atomic mass is 16.7. The number of hydrogen-bond donors (Lipinski definition) is 0. The average molecular weight is 240 g/mol. The number of benzene rings is 1. The second kappa shape index (κ2) is 5.52. The summed E-state index contributed by atoms with van der Waals surface area (Å²) in [5, 5.41) is 10.7. The molecule has 0 aromatic heterocycles. The fourth-order valence-corrected chi connectivity index (χ4v) is 1.82. The lowest BCUT2D eigenvalue weighted by Crippen LogP contribution is -2.30. The molecule has 0 saturated carbocycles. The highest BCUT2D eigenvalue weighted by Gasteiger charge is 2.18. The standard InChI is InChI=1S/C15H16N2O/c1-12-10-17(18-11-13(12)2)15(8-9-16)14-6-4-3-5-7-14/h3-8H,10-11H2,1-2H3/b15-8+. The number of hydrogen-bond acceptors (Lipinski definition) is 3. The summed E-state index contributed by atoms with van der Waals surface area (Å²) in [7, 11) is 0. The smallest absolute Gasteiger partial charge is 0.0960 e. The van der Waals surface area contributed by atoms with E-state index in [0.717, 1.165) is 11.3 Å². The van der Waals surface area contributed by atoms with Gasteiger partial charge in [-0.25, -0.2) is 5.06 Å². The molecule has 92 valence electrons. The van der Waals surface area contributed by atoms with Crippen LogP contribution in [0.5, 0.6) is 0 Å². The molecule has 0 amide bonds. The van der Waals surface area contributed by atoms with Gasteiger partial charge >= 0.3 is 0 Å². The Hall–Kier alpha value is -2.05. The summed E-state index contributed by atoms with van der Waals surface area (Å²) in [5.41, 5.74) is 4.35. The molecule has 0 saturated heterocycles. The molecule has 0 unspecified atom stereocenters. The fraction of sp³-hybridized carbons (Fsp3) is 0.267. The van der Waals surface area contributed by atoms with Gasteiger partial charge in [0.05, 0.1) is 24.9 Å². The van der Waals surface area contributed by atoms with Crippen LogP contribution < -0.4 is 0 Å². The topological polar surface area (TPSA) is 36.3 Å². The molecule has 3 nitrogen and oxygen atoms in total. The van der Waals surface area contributed by atoms with Crippen molar-refractivity contribution < 1.29 is 4.84 Å². The molecule has 0 fully saturated rings. The molecule has 1 aromatic rings. The van der Waals surface area contributed by atoms with Crippen molar-refractivity contribution in [3.63, 3.8) is 0 Å². The third-order valence-electron chi connectivity index (χ3n) is 3.09. The number of nitriles is 1. The maximum Gasteiger partial charge on any atom is 0.0960 e. The predicted molar refractivity (Wildman–Crippen MR) is 71.1 cm³/mol. The Bertz CT molecular complexity index is 523. The lowest BCUT2D eigenvalue weighted by molar-refractivity contribution is -0.101. The third-order valence-corrected chi connectivity index (χ3v) is 3.09. The van der Waals surface area contributed by atoms with Crippen LogP contribution in [0.1, 0.15) is 19.4 Å². The predicted octanol–water partition coefficient (Wildman–Crippen LogP) is 3.13. The summed E-state index contributed by atoms with van der Waals surface area (Å²) in [6.45, 7) is 5.46. The highest BCUT2D eigenvalue weighted by molar-refractivity contribution is 5.65. The maximum atomic E-state index is 8.93. The van der Waals surface area contributed by atoms with Gasteiger partial charge in [-0.15, -0.1) is 0 Å². The number of allylic oxidation sites excluding steroid dienone is 1. The molecule has 0 spiro atoms. The van der Waals surface area contributed by atoms with Crippen LogP contribution >= 0.6 is 0 Å². The minimum Gasteiger partial charge on any atom is -0.269 e. The molecule has 0 aliphatic carbocycles. The van der Waals surface area contributed by atoms with E-state index in [9.17, 15) is 0 Å². The molecule has 1 aliphatic rings. The van der Waals surface area contributed by atoms with Gasteiger partial charge in [0, 0.05) is 11.6 Å². The number of nitrogens with zero attached hydrogens (tertiary/aromatic N) is 2. The Morgan fingerprint density at radius 2 is 2.00 bits per heavy atom. The first kappa shape index (κ1) is 12.4. The van der Waals surface area contributed by atoms with Gasteiger partial charge in [-0.1, -0.05) is 35.9 Å². The maximum absolute atomic E-state index is 8.93. The van der Waals surface area contributed by atoms with Gasteiger partial charge in [-0.3, -0.25) is 4.84 Å². The lowest BCUT2D eigenvalue weighted by Gasteiger charge is -2.31. The van der Waals surface area contributed by atoms with Gasteiger partial charge in [-0.05, 0) is 19.4 Å². The Morgan fingerprint density at radius 1 is 1.28 bits per heavy atom. The van der Waals surface area contributed by atoms with Gasteiger partial charge < -0.3 is 0 Å². The molecule has 1 aliphatic heterocycles. The van der Waals surface area contributed by atoms with Gasteiger partial charge in [0.25, 0.3) is 0 Å². The first-order chi connectivity index (χ1) is 8.72. The minimum absolute atomic E-state index is 0.585. The van der Waals surface area contributed by atoms with Crippen molar-refractivity contribution in [1.29, 1.82) is 5.26 Å². The monoisotopic (exact) mass is 240 g/mol. The molecular weight excluding hydrogens is 224 g/mol. The molecule has 1 aromatic carbocycles. The quantitative estimate of drug-likeness (QED) is 0.588. The lowest BCUT2D eigenvalue weighted by atomic mass is 10.1. The second-order valence-electron chi connectivity index (χ2n) is 4.40. The molecule has 2 rings (SSSR count). The molecule has 0 N–H and O–H groups in total. The SMILES string of the molecule is CC1=C(C)CN(/C(=C/C#N)c2ccccc2)OC1. The van der Waals surface area contributed by atoms with Crippen LogP contribution in [0.2, 0.25) is 0 Å². The summed E-state index contributed by atoms with van der Waals surface area (Å²) in [5.74, 6) is 0. The van der Waals surface area contributed by atoms with Gasteiger partial charge in [0.15, 0.2) is 0 Å². The van der Waals surface area contributed by atoms with Crippen molar-refractivity contribution in [3.8, 4) is 6.07 Å². The minimum atomic E-state index is 0.585. The second-order valence-corrected chi connectivity index (χ2v) is 4.40. The van der Waals surface area contributed by atoms with Crippen LogP contribution in [0.3, 0.4) is 0 Å². The summed E-state index contributed by atoms with van der Waals surface area (Å²) in [6.07, 6.45) is 1.53. The number of rotatable bonds is 2. The van der Waals surface area contributed by atoms with Crippen molar-refractivity contribution in [2.24, 2.45) is 0 Å². The largest absolute Gasteiger partial charge is 0.269 e. The summed E-state index contributed by atoms with van der Waals surface area (Å²) >= 11 is 0. The highest BCUT2D eigenvalue weighted by Crippen LogP contribution is 2.24. The molecule has 0 bridgehead atoms. The van der Waals surface area contributed by atoms with Crippen LogP contribution in [-0.4, -0.2) is 18.2 Å². The van der Waals surface area contributed by atoms with Crippen molar-refractivity contribution in [2.45, 2.75) is 13.8 Å². The molecule has 0 radical (unpaired) electrons. The molecule has 1 heterocycles. The average Bonchev–Trinajstić information content (AvgIpc) is 2.40. The van der Waals surface area contributed by atoms with Crippen molar-refractivity contribution in [3.05, 3.63) is 53.1 Å². The Labute approximate surface area is 108 Å². The third kappa shape index (κ3) is 2.61. The van der Waals surface area contributed by atoms with Crippen LogP contribution in [0.25, 0.3) is 5.70 Å². The zero-order chi connectivity index (χ0) is 13.0. The molecule has 3 heteroatoms. The first-order valence-corrected chi connectivity index (χ1v) is 5.93. The van der Waals surface area contributed by atoms with Crippen LogP contribution in [0.15, 0.2) is 47.6 Å². The zero-order valence-electron chi connectivity index (χ0n) is 10.7. The summed E-state index contributed by atoms with van der Waals surface area (Å²) < 4.78 is 0. The van der Waals surface area contributed by atoms with Crippen molar-refractivity contribution in [1.82, 2.24) is 5.06 Å². The fourth-order valence-electron chi connectivity index (χ4n) is 1.82. The van der Waals surface area contributed by atoms with Gasteiger partial charge in [0.2, 0.25) is 0 Å². The number of hydroxylamine groups is 2. The first-order valence-electron chi connectivity index (χ1n) is 5.93. The van der Waals surface area contributed by atoms with E-state index >= 15 is 0 Å². The van der Waals surface area contributed by atoms with E-state index in [1.807, 2.05) is 30.3 Å². The summed E-state index contributed by atoms with van der Waals surface area (Å²) in [4.78, 5) is 5.69. The van der Waals surface area contributed by atoms with Crippen LogP contribution in [-0.2, 0) is 4.84 Å². The van der Waals surface area contributed by atoms with Gasteiger partial charge in [0.1, 0.15) is 0 Å². The Balaban J connectivity index is 2.30. The van der Waals surface area contributed by atoms with Crippen LogP contribution in [0.4, 0.5) is 0 Å². The van der Waals surface area contributed by atoms with Crippen molar-refractivity contribution in [2.75, 3.05) is 13.2 Å². The summed E-state index contributed by atoms with van der Waals surface area (Å²) in [6, 6.07) is 11.9. The van der Waals surface area contributed by atoms with E-state index in [1.54, 1.807) is 5.06 Å². The molecule has 0 atom stereocenters. The van der Waals surface area contributed by atoms with E-state index in [1.165, 1.54) is 17.2 Å².